The lowest BCUT2D eigenvalue weighted by Crippen LogP contribution is -2.32. The Morgan fingerprint density at radius 2 is 1.77 bits per heavy atom. The first kappa shape index (κ1) is 18.7. The lowest BCUT2D eigenvalue weighted by atomic mass is 9.76. The summed E-state index contributed by atoms with van der Waals surface area (Å²) in [5.74, 6) is 0.187. The number of ether oxygens (including phenoxy) is 1. The highest BCUT2D eigenvalue weighted by Crippen LogP contribution is 2.46. The summed E-state index contributed by atoms with van der Waals surface area (Å²) in [5, 5.41) is 12.5. The lowest BCUT2D eigenvalue weighted by Gasteiger charge is -2.35. The van der Waals surface area contributed by atoms with Gasteiger partial charge in [-0.3, -0.25) is 4.98 Å². The molecule has 1 N–H and O–H groups in total. The molecule has 0 saturated heterocycles. The smallest absolute Gasteiger partial charge is 0.122 e. The number of aliphatic hydroxyl groups is 1. The Kier molecular flexibility index (Phi) is 5.52. The van der Waals surface area contributed by atoms with Crippen molar-refractivity contribution in [3.05, 3.63) is 93.7 Å². The first-order valence-electron chi connectivity index (χ1n) is 8.17. The van der Waals surface area contributed by atoms with Crippen molar-refractivity contribution in [3.63, 3.8) is 0 Å². The monoisotopic (exact) mass is 387 g/mol. The second-order valence-electron chi connectivity index (χ2n) is 6.20. The first-order chi connectivity index (χ1) is 12.4. The van der Waals surface area contributed by atoms with E-state index in [1.807, 2.05) is 42.5 Å². The van der Waals surface area contributed by atoms with E-state index in [0.29, 0.717) is 27.1 Å². The fourth-order valence-corrected chi connectivity index (χ4v) is 3.86. The zero-order valence-electron chi connectivity index (χ0n) is 14.5. The number of halogens is 2. The topological polar surface area (TPSA) is 42.4 Å². The Morgan fingerprint density at radius 3 is 2.42 bits per heavy atom. The molecule has 0 spiro atoms. The summed E-state index contributed by atoms with van der Waals surface area (Å²) in [6.07, 6.45) is 1.71. The van der Waals surface area contributed by atoms with Crippen molar-refractivity contribution in [1.82, 2.24) is 4.98 Å². The quantitative estimate of drug-likeness (QED) is 0.633. The van der Waals surface area contributed by atoms with Crippen LogP contribution in [0.2, 0.25) is 10.0 Å². The van der Waals surface area contributed by atoms with E-state index in [1.165, 1.54) is 0 Å². The van der Waals surface area contributed by atoms with Crippen LogP contribution in [0.3, 0.4) is 0 Å². The summed E-state index contributed by atoms with van der Waals surface area (Å²) in [6.45, 7) is 1.73. The highest BCUT2D eigenvalue weighted by atomic mass is 35.5. The largest absolute Gasteiger partial charge is 0.496 e. The van der Waals surface area contributed by atoms with E-state index in [2.05, 4.69) is 4.98 Å². The molecule has 2 atom stereocenters. The van der Waals surface area contributed by atoms with E-state index in [9.17, 15) is 5.11 Å². The maximum Gasteiger partial charge on any atom is 0.122 e. The molecule has 0 radical (unpaired) electrons. The van der Waals surface area contributed by atoms with Gasteiger partial charge in [-0.1, -0.05) is 53.5 Å². The van der Waals surface area contributed by atoms with Gasteiger partial charge in [-0.25, -0.2) is 0 Å². The Bertz CT molecular complexity index is 898. The maximum atomic E-state index is 11.6. The van der Waals surface area contributed by atoms with Crippen LogP contribution in [0.25, 0.3) is 0 Å². The van der Waals surface area contributed by atoms with E-state index in [1.54, 1.807) is 38.4 Å². The molecule has 0 fully saturated rings. The maximum absolute atomic E-state index is 11.6. The second-order valence-corrected chi connectivity index (χ2v) is 7.04. The standard InChI is InChI=1S/C21H19Cl2NO2/c1-21(25,16-11-10-14(22)13-17(16)23)20(18-8-5-6-12-24-18)15-7-3-4-9-19(15)26-2/h3-13,20,25H,1-2H3/t20-,21+/m1/s1. The molecule has 0 amide bonds. The average Bonchev–Trinajstić information content (AvgIpc) is 2.62. The zero-order valence-corrected chi connectivity index (χ0v) is 16.0. The van der Waals surface area contributed by atoms with E-state index >= 15 is 0 Å². The average molecular weight is 388 g/mol. The molecule has 134 valence electrons. The third-order valence-electron chi connectivity index (χ3n) is 4.47. The van der Waals surface area contributed by atoms with E-state index in [-0.39, 0.29) is 0 Å². The SMILES string of the molecule is COc1ccccc1[C@H](c1ccccn1)[C@@](C)(O)c1ccc(Cl)cc1Cl. The van der Waals surface area contributed by atoms with Gasteiger partial charge < -0.3 is 9.84 Å². The molecule has 0 aliphatic carbocycles. The van der Waals surface area contributed by atoms with Crippen molar-refractivity contribution < 1.29 is 9.84 Å². The zero-order chi connectivity index (χ0) is 18.7. The molecule has 26 heavy (non-hydrogen) atoms. The molecule has 0 bridgehead atoms. The predicted molar refractivity (Wildman–Crippen MR) is 105 cm³/mol. The third-order valence-corrected chi connectivity index (χ3v) is 5.02. The summed E-state index contributed by atoms with van der Waals surface area (Å²) in [5.41, 5.74) is 0.771. The van der Waals surface area contributed by atoms with Gasteiger partial charge in [0.25, 0.3) is 0 Å². The Labute approximate surface area is 163 Å². The molecule has 0 aliphatic heterocycles. The first-order valence-corrected chi connectivity index (χ1v) is 8.92. The Morgan fingerprint density at radius 1 is 1.04 bits per heavy atom. The van der Waals surface area contributed by atoms with E-state index < -0.39 is 11.5 Å². The summed E-state index contributed by atoms with van der Waals surface area (Å²) in [6, 6.07) is 18.3. The van der Waals surface area contributed by atoms with Gasteiger partial charge in [0, 0.05) is 27.4 Å². The van der Waals surface area contributed by atoms with Gasteiger partial charge in [0.2, 0.25) is 0 Å². The van der Waals surface area contributed by atoms with Crippen molar-refractivity contribution in [3.8, 4) is 5.75 Å². The molecule has 3 nitrogen and oxygen atoms in total. The number of nitrogens with zero attached hydrogens (tertiary/aromatic N) is 1. The summed E-state index contributed by atoms with van der Waals surface area (Å²) < 4.78 is 5.54. The highest BCUT2D eigenvalue weighted by Gasteiger charge is 2.40. The predicted octanol–water partition coefficient (Wildman–Crippen LogP) is 5.44. The van der Waals surface area contributed by atoms with Crippen molar-refractivity contribution >= 4 is 23.2 Å². The number of hydrogen-bond donors (Lipinski definition) is 1. The van der Waals surface area contributed by atoms with Crippen LogP contribution >= 0.6 is 23.2 Å². The van der Waals surface area contributed by atoms with Crippen molar-refractivity contribution in [2.24, 2.45) is 0 Å². The van der Waals surface area contributed by atoms with Crippen LogP contribution in [0.1, 0.15) is 29.7 Å². The number of para-hydroxylation sites is 1. The fourth-order valence-electron chi connectivity index (χ4n) is 3.26. The Hall–Kier alpha value is -2.07. The van der Waals surface area contributed by atoms with Crippen molar-refractivity contribution in [2.75, 3.05) is 7.11 Å². The number of benzene rings is 2. The summed E-state index contributed by atoms with van der Waals surface area (Å²) in [7, 11) is 1.61. The minimum Gasteiger partial charge on any atom is -0.496 e. The van der Waals surface area contributed by atoms with Gasteiger partial charge in [0.15, 0.2) is 0 Å². The van der Waals surface area contributed by atoms with Gasteiger partial charge in [-0.05, 0) is 37.3 Å². The van der Waals surface area contributed by atoms with Gasteiger partial charge in [-0.2, -0.15) is 0 Å². The molecule has 0 unspecified atom stereocenters. The van der Waals surface area contributed by atoms with Gasteiger partial charge in [-0.15, -0.1) is 0 Å². The molecule has 1 heterocycles. The fraction of sp³-hybridized carbons (Fsp3) is 0.190. The van der Waals surface area contributed by atoms with E-state index in [0.717, 1.165) is 5.56 Å². The lowest BCUT2D eigenvalue weighted by molar-refractivity contribution is 0.0374. The number of pyridine rings is 1. The van der Waals surface area contributed by atoms with Gasteiger partial charge >= 0.3 is 0 Å². The number of rotatable bonds is 5. The van der Waals surface area contributed by atoms with Crippen molar-refractivity contribution in [2.45, 2.75) is 18.4 Å². The number of aromatic nitrogens is 1. The molecule has 0 aliphatic rings. The minimum atomic E-state index is -1.34. The highest BCUT2D eigenvalue weighted by molar-refractivity contribution is 6.35. The molecule has 1 aromatic heterocycles. The molecule has 5 heteroatoms. The molecule has 0 saturated carbocycles. The van der Waals surface area contributed by atoms with Crippen LogP contribution in [0.15, 0.2) is 66.9 Å². The normalized spacial score (nSPS) is 14.5. The summed E-state index contributed by atoms with van der Waals surface area (Å²) in [4.78, 5) is 4.49. The van der Waals surface area contributed by atoms with Crippen LogP contribution in [-0.4, -0.2) is 17.2 Å². The molecular formula is C21H19Cl2NO2. The third kappa shape index (κ3) is 3.56. The molecule has 3 rings (SSSR count). The second kappa shape index (κ2) is 7.67. The van der Waals surface area contributed by atoms with Crippen molar-refractivity contribution in [1.29, 1.82) is 0 Å². The molecule has 2 aromatic carbocycles. The molecule has 3 aromatic rings. The summed E-state index contributed by atoms with van der Waals surface area (Å²) >= 11 is 12.4. The van der Waals surface area contributed by atoms with Crippen LogP contribution in [-0.2, 0) is 5.60 Å². The number of methoxy groups -OCH3 is 1. The minimum absolute atomic E-state index is 0.401. The Balaban J connectivity index is 2.23. The van der Waals surface area contributed by atoms with Gasteiger partial charge in [0.1, 0.15) is 11.4 Å². The van der Waals surface area contributed by atoms with Crippen LogP contribution in [0, 0.1) is 0 Å². The number of hydrogen-bond acceptors (Lipinski definition) is 3. The van der Waals surface area contributed by atoms with Gasteiger partial charge in [0.05, 0.1) is 18.7 Å². The van der Waals surface area contributed by atoms with E-state index in [4.69, 9.17) is 27.9 Å². The van der Waals surface area contributed by atoms with Crippen LogP contribution < -0.4 is 4.74 Å². The molecular weight excluding hydrogens is 369 g/mol. The van der Waals surface area contributed by atoms with Crippen LogP contribution in [0.4, 0.5) is 0 Å². The van der Waals surface area contributed by atoms with Crippen LogP contribution in [0.5, 0.6) is 5.75 Å².